The van der Waals surface area contributed by atoms with E-state index in [2.05, 4.69) is 31.3 Å². The van der Waals surface area contributed by atoms with Crippen LogP contribution in [0.4, 0.5) is 10.5 Å². The van der Waals surface area contributed by atoms with Crippen LogP contribution in [-0.2, 0) is 6.42 Å². The number of hydrogen-bond donors (Lipinski definition) is 2. The first-order valence-corrected chi connectivity index (χ1v) is 7.39. The summed E-state index contributed by atoms with van der Waals surface area (Å²) < 4.78 is 0. The molecule has 1 aromatic carbocycles. The standard InChI is InChI=1S/C16H25N3O/c1-11(2)10-13-4-6-14(7-5-13)18-16(20)19-9-8-15(17)12(19)3/h4-7,11-12,15H,8-10,17H2,1-3H3,(H,18,20)/t12-,15-/m0/s1. The predicted octanol–water partition coefficient (Wildman–Crippen LogP) is 2.84. The number of nitrogens with two attached hydrogens (primary N) is 1. The van der Waals surface area contributed by atoms with Crippen molar-refractivity contribution >= 4 is 11.7 Å². The van der Waals surface area contributed by atoms with Gasteiger partial charge >= 0.3 is 6.03 Å². The predicted molar refractivity (Wildman–Crippen MR) is 82.8 cm³/mol. The maximum atomic E-state index is 12.2. The van der Waals surface area contributed by atoms with Crippen molar-refractivity contribution in [3.05, 3.63) is 29.8 Å². The van der Waals surface area contributed by atoms with Crippen LogP contribution in [0.3, 0.4) is 0 Å². The minimum absolute atomic E-state index is 0.0536. The maximum absolute atomic E-state index is 12.2. The fourth-order valence-electron chi connectivity index (χ4n) is 2.64. The van der Waals surface area contributed by atoms with Gasteiger partial charge in [-0.25, -0.2) is 4.79 Å². The minimum Gasteiger partial charge on any atom is -0.326 e. The van der Waals surface area contributed by atoms with E-state index in [1.807, 2.05) is 24.0 Å². The van der Waals surface area contributed by atoms with Crippen molar-refractivity contribution in [2.75, 3.05) is 11.9 Å². The van der Waals surface area contributed by atoms with Crippen molar-refractivity contribution in [3.63, 3.8) is 0 Å². The molecule has 4 nitrogen and oxygen atoms in total. The van der Waals surface area contributed by atoms with Gasteiger partial charge in [-0.1, -0.05) is 26.0 Å². The summed E-state index contributed by atoms with van der Waals surface area (Å²) in [6.45, 7) is 7.14. The lowest BCUT2D eigenvalue weighted by Gasteiger charge is -2.23. The number of nitrogens with zero attached hydrogens (tertiary/aromatic N) is 1. The first-order chi connectivity index (χ1) is 9.47. The molecule has 0 bridgehead atoms. The average molecular weight is 275 g/mol. The Hall–Kier alpha value is -1.55. The Kier molecular flexibility index (Phi) is 4.65. The molecule has 0 spiro atoms. The minimum atomic E-state index is -0.0536. The number of hydrogen-bond acceptors (Lipinski definition) is 2. The van der Waals surface area contributed by atoms with E-state index in [9.17, 15) is 4.79 Å². The normalized spacial score (nSPS) is 22.4. The third-order valence-corrected chi connectivity index (χ3v) is 3.92. The monoisotopic (exact) mass is 275 g/mol. The summed E-state index contributed by atoms with van der Waals surface area (Å²) in [5, 5.41) is 2.95. The third kappa shape index (κ3) is 3.51. The summed E-state index contributed by atoms with van der Waals surface area (Å²) in [4.78, 5) is 14.0. The van der Waals surface area contributed by atoms with Crippen molar-refractivity contribution in [2.24, 2.45) is 11.7 Å². The molecule has 0 aliphatic carbocycles. The van der Waals surface area contributed by atoms with Gasteiger partial charge in [0.25, 0.3) is 0 Å². The van der Waals surface area contributed by atoms with Gasteiger partial charge in [-0.15, -0.1) is 0 Å². The molecule has 0 aromatic heterocycles. The van der Waals surface area contributed by atoms with Gasteiger partial charge in [0.2, 0.25) is 0 Å². The summed E-state index contributed by atoms with van der Waals surface area (Å²) >= 11 is 0. The zero-order valence-electron chi connectivity index (χ0n) is 12.6. The molecule has 2 atom stereocenters. The van der Waals surface area contributed by atoms with Crippen LogP contribution in [0.15, 0.2) is 24.3 Å². The van der Waals surface area contributed by atoms with Crippen LogP contribution in [0.5, 0.6) is 0 Å². The molecular formula is C16H25N3O. The highest BCUT2D eigenvalue weighted by Crippen LogP contribution is 2.18. The SMILES string of the molecule is CC(C)Cc1ccc(NC(=O)N2CC[C@H](N)[C@@H]2C)cc1. The second-order valence-electron chi connectivity index (χ2n) is 6.11. The van der Waals surface area contributed by atoms with Crippen molar-refractivity contribution in [3.8, 4) is 0 Å². The second-order valence-corrected chi connectivity index (χ2v) is 6.11. The van der Waals surface area contributed by atoms with Crippen LogP contribution in [0, 0.1) is 5.92 Å². The Bertz CT molecular complexity index is 455. The summed E-state index contributed by atoms with van der Waals surface area (Å²) in [5.41, 5.74) is 8.09. The highest BCUT2D eigenvalue weighted by molar-refractivity contribution is 5.89. The summed E-state index contributed by atoms with van der Waals surface area (Å²) in [6, 6.07) is 8.24. The van der Waals surface area contributed by atoms with Gasteiger partial charge < -0.3 is 16.0 Å². The lowest BCUT2D eigenvalue weighted by molar-refractivity contribution is 0.208. The van der Waals surface area contributed by atoms with E-state index in [-0.39, 0.29) is 18.1 Å². The van der Waals surface area contributed by atoms with E-state index in [1.165, 1.54) is 5.56 Å². The molecule has 1 fully saturated rings. The van der Waals surface area contributed by atoms with E-state index in [4.69, 9.17) is 5.73 Å². The van der Waals surface area contributed by atoms with Gasteiger partial charge in [-0.05, 0) is 43.4 Å². The summed E-state index contributed by atoms with van der Waals surface area (Å²) in [6.07, 6.45) is 1.94. The quantitative estimate of drug-likeness (QED) is 0.891. The van der Waals surface area contributed by atoms with Gasteiger partial charge in [-0.2, -0.15) is 0 Å². The highest BCUT2D eigenvalue weighted by atomic mass is 16.2. The Balaban J connectivity index is 1.94. The largest absolute Gasteiger partial charge is 0.326 e. The van der Waals surface area contributed by atoms with Crippen LogP contribution in [0.1, 0.15) is 32.8 Å². The molecule has 110 valence electrons. The van der Waals surface area contributed by atoms with E-state index >= 15 is 0 Å². The smallest absolute Gasteiger partial charge is 0.322 e. The molecule has 1 aliphatic rings. The molecule has 3 N–H and O–H groups in total. The van der Waals surface area contributed by atoms with E-state index in [0.29, 0.717) is 5.92 Å². The van der Waals surface area contributed by atoms with Gasteiger partial charge in [-0.3, -0.25) is 0 Å². The number of benzene rings is 1. The van der Waals surface area contributed by atoms with Crippen molar-refractivity contribution in [1.29, 1.82) is 0 Å². The van der Waals surface area contributed by atoms with Gasteiger partial charge in [0.05, 0.1) is 0 Å². The lowest BCUT2D eigenvalue weighted by Crippen LogP contribution is -2.42. The first-order valence-electron chi connectivity index (χ1n) is 7.39. The molecule has 0 saturated carbocycles. The Labute approximate surface area is 121 Å². The number of carbonyl (C=O) groups is 1. The number of amides is 2. The van der Waals surface area contributed by atoms with Gasteiger partial charge in [0.1, 0.15) is 0 Å². The molecule has 4 heteroatoms. The molecule has 1 aliphatic heterocycles. The number of urea groups is 1. The van der Waals surface area contributed by atoms with Gasteiger partial charge in [0.15, 0.2) is 0 Å². The topological polar surface area (TPSA) is 58.4 Å². The number of likely N-dealkylation sites (tertiary alicyclic amines) is 1. The Morgan fingerprint density at radius 2 is 2.05 bits per heavy atom. The van der Waals surface area contributed by atoms with E-state index in [1.54, 1.807) is 0 Å². The fourth-order valence-corrected chi connectivity index (χ4v) is 2.64. The van der Waals surface area contributed by atoms with Crippen LogP contribution >= 0.6 is 0 Å². The zero-order valence-corrected chi connectivity index (χ0v) is 12.6. The fraction of sp³-hybridized carbons (Fsp3) is 0.562. The molecule has 20 heavy (non-hydrogen) atoms. The number of carbonyl (C=O) groups excluding carboxylic acids is 1. The van der Waals surface area contributed by atoms with Crippen molar-refractivity contribution in [1.82, 2.24) is 4.90 Å². The summed E-state index contributed by atoms with van der Waals surface area (Å²) in [5.74, 6) is 0.641. The lowest BCUT2D eigenvalue weighted by atomic mass is 10.0. The third-order valence-electron chi connectivity index (χ3n) is 3.92. The van der Waals surface area contributed by atoms with Crippen LogP contribution in [0.2, 0.25) is 0 Å². The number of nitrogens with one attached hydrogen (secondary N) is 1. The Morgan fingerprint density at radius 3 is 2.55 bits per heavy atom. The highest BCUT2D eigenvalue weighted by Gasteiger charge is 2.31. The number of anilines is 1. The van der Waals surface area contributed by atoms with Gasteiger partial charge in [0, 0.05) is 24.3 Å². The number of rotatable bonds is 3. The van der Waals surface area contributed by atoms with Crippen LogP contribution in [0.25, 0.3) is 0 Å². The molecular weight excluding hydrogens is 250 g/mol. The Morgan fingerprint density at radius 1 is 1.40 bits per heavy atom. The molecule has 1 aromatic rings. The van der Waals surface area contributed by atoms with E-state index in [0.717, 1.165) is 25.1 Å². The summed E-state index contributed by atoms with van der Waals surface area (Å²) in [7, 11) is 0. The molecule has 0 radical (unpaired) electrons. The maximum Gasteiger partial charge on any atom is 0.322 e. The first kappa shape index (κ1) is 14.9. The molecule has 2 rings (SSSR count). The van der Waals surface area contributed by atoms with E-state index < -0.39 is 0 Å². The molecule has 2 amide bonds. The zero-order chi connectivity index (χ0) is 14.7. The van der Waals surface area contributed by atoms with Crippen LogP contribution in [-0.4, -0.2) is 29.6 Å². The molecule has 1 saturated heterocycles. The average Bonchev–Trinajstić information content (AvgIpc) is 2.72. The molecule has 0 unspecified atom stereocenters. The second kappa shape index (κ2) is 6.27. The molecule has 1 heterocycles. The van der Waals surface area contributed by atoms with Crippen molar-refractivity contribution in [2.45, 2.75) is 45.7 Å². The van der Waals surface area contributed by atoms with Crippen molar-refractivity contribution < 1.29 is 4.79 Å². The van der Waals surface area contributed by atoms with Crippen LogP contribution < -0.4 is 11.1 Å².